The van der Waals surface area contributed by atoms with Gasteiger partial charge in [-0.2, -0.15) is 0 Å². The van der Waals surface area contributed by atoms with Gasteiger partial charge in [0.15, 0.2) is 28.9 Å². The fraction of sp³-hybridized carbons (Fsp3) is 0.211. The fourth-order valence-corrected chi connectivity index (χ4v) is 2.06. The molecule has 0 amide bonds. The third kappa shape index (κ3) is 5.12. The maximum atomic E-state index is 13.2. The van der Waals surface area contributed by atoms with Gasteiger partial charge in [0.05, 0.1) is 13.7 Å². The SMILES string of the molecule is COCCOc1ccc(C(=O)C=Cc2ccc(F)c(F)c2)cc1OC. The molecule has 0 aliphatic carbocycles. The third-order valence-corrected chi connectivity index (χ3v) is 3.36. The summed E-state index contributed by atoms with van der Waals surface area (Å²) in [6.45, 7) is 0.789. The van der Waals surface area contributed by atoms with E-state index in [2.05, 4.69) is 0 Å². The van der Waals surface area contributed by atoms with Crippen molar-refractivity contribution in [3.63, 3.8) is 0 Å². The number of hydrogen-bond acceptors (Lipinski definition) is 4. The van der Waals surface area contributed by atoms with Crippen molar-refractivity contribution < 1.29 is 27.8 Å². The first-order valence-corrected chi connectivity index (χ1v) is 7.52. The molecule has 0 saturated heterocycles. The van der Waals surface area contributed by atoms with Crippen LogP contribution in [0.3, 0.4) is 0 Å². The Morgan fingerprint density at radius 2 is 1.80 bits per heavy atom. The minimum atomic E-state index is -0.964. The molecular formula is C19H18F2O4. The lowest BCUT2D eigenvalue weighted by molar-refractivity contribution is 0.104. The molecule has 0 radical (unpaired) electrons. The minimum absolute atomic E-state index is 0.300. The van der Waals surface area contributed by atoms with Gasteiger partial charge < -0.3 is 14.2 Å². The number of ether oxygens (including phenoxy) is 3. The lowest BCUT2D eigenvalue weighted by Crippen LogP contribution is -2.06. The van der Waals surface area contributed by atoms with E-state index in [4.69, 9.17) is 14.2 Å². The number of carbonyl (C=O) groups excluding carboxylic acids is 1. The van der Waals surface area contributed by atoms with Crippen molar-refractivity contribution in [1.29, 1.82) is 0 Å². The van der Waals surface area contributed by atoms with Crippen LogP contribution in [0, 0.1) is 11.6 Å². The van der Waals surface area contributed by atoms with Crippen LogP contribution >= 0.6 is 0 Å². The summed E-state index contributed by atoms with van der Waals surface area (Å²) in [7, 11) is 3.05. The maximum absolute atomic E-state index is 13.2. The fourth-order valence-electron chi connectivity index (χ4n) is 2.06. The van der Waals surface area contributed by atoms with Crippen molar-refractivity contribution in [2.24, 2.45) is 0 Å². The molecule has 0 saturated carbocycles. The van der Waals surface area contributed by atoms with Gasteiger partial charge in [0.1, 0.15) is 6.61 Å². The summed E-state index contributed by atoms with van der Waals surface area (Å²) in [6.07, 6.45) is 2.70. The summed E-state index contributed by atoms with van der Waals surface area (Å²) >= 11 is 0. The van der Waals surface area contributed by atoms with E-state index in [0.29, 0.717) is 35.8 Å². The molecule has 2 rings (SSSR count). The third-order valence-electron chi connectivity index (χ3n) is 3.36. The van der Waals surface area contributed by atoms with Crippen molar-refractivity contribution in [3.05, 3.63) is 65.2 Å². The van der Waals surface area contributed by atoms with E-state index in [1.54, 1.807) is 25.3 Å². The molecule has 0 spiro atoms. The van der Waals surface area contributed by atoms with E-state index in [9.17, 15) is 13.6 Å². The van der Waals surface area contributed by atoms with E-state index in [0.717, 1.165) is 12.1 Å². The number of rotatable bonds is 8. The van der Waals surface area contributed by atoms with Crippen LogP contribution in [0.4, 0.5) is 8.78 Å². The van der Waals surface area contributed by atoms with Crippen LogP contribution in [-0.2, 0) is 4.74 Å². The molecule has 0 N–H and O–H groups in total. The van der Waals surface area contributed by atoms with Crippen LogP contribution in [-0.4, -0.2) is 33.2 Å². The van der Waals surface area contributed by atoms with Crippen LogP contribution in [0.5, 0.6) is 11.5 Å². The van der Waals surface area contributed by atoms with Gasteiger partial charge in [-0.15, -0.1) is 0 Å². The summed E-state index contributed by atoms with van der Waals surface area (Å²) < 4.78 is 41.7. The number of halogens is 2. The maximum Gasteiger partial charge on any atom is 0.185 e. The molecule has 0 aliphatic heterocycles. The Kier molecular flexibility index (Phi) is 6.65. The molecule has 2 aromatic rings. The number of methoxy groups -OCH3 is 2. The first-order valence-electron chi connectivity index (χ1n) is 7.52. The van der Waals surface area contributed by atoms with Crippen molar-refractivity contribution in [1.82, 2.24) is 0 Å². The summed E-state index contributed by atoms with van der Waals surface area (Å²) in [4.78, 5) is 12.2. The van der Waals surface area contributed by atoms with Gasteiger partial charge in [-0.1, -0.05) is 12.1 Å². The second-order valence-electron chi connectivity index (χ2n) is 5.08. The van der Waals surface area contributed by atoms with Crippen LogP contribution in [0.15, 0.2) is 42.5 Å². The van der Waals surface area contributed by atoms with E-state index >= 15 is 0 Å². The Bertz CT molecular complexity index is 772. The van der Waals surface area contributed by atoms with Crippen molar-refractivity contribution in [2.75, 3.05) is 27.4 Å². The quantitative estimate of drug-likeness (QED) is 0.412. The summed E-state index contributed by atoms with van der Waals surface area (Å²) in [5.41, 5.74) is 0.772. The first kappa shape index (κ1) is 18.6. The van der Waals surface area contributed by atoms with Gasteiger partial charge in [-0.05, 0) is 42.0 Å². The molecule has 0 heterocycles. The number of hydrogen-bond donors (Lipinski definition) is 0. The monoisotopic (exact) mass is 348 g/mol. The highest BCUT2D eigenvalue weighted by Crippen LogP contribution is 2.28. The standard InChI is InChI=1S/C19H18F2O4/c1-23-9-10-25-18-8-5-14(12-19(18)24-2)17(22)7-4-13-3-6-15(20)16(21)11-13/h3-8,11-12H,9-10H2,1-2H3. The summed E-state index contributed by atoms with van der Waals surface area (Å²) in [6, 6.07) is 8.20. The molecule has 4 nitrogen and oxygen atoms in total. The van der Waals surface area contributed by atoms with Gasteiger partial charge in [0.25, 0.3) is 0 Å². The Morgan fingerprint density at radius 3 is 2.48 bits per heavy atom. The highest BCUT2D eigenvalue weighted by Gasteiger charge is 2.10. The number of allylic oxidation sites excluding steroid dienone is 1. The normalized spacial score (nSPS) is 10.9. The predicted octanol–water partition coefficient (Wildman–Crippen LogP) is 3.89. The van der Waals surface area contributed by atoms with Gasteiger partial charge in [-0.25, -0.2) is 8.78 Å². The zero-order valence-corrected chi connectivity index (χ0v) is 13.9. The molecule has 6 heteroatoms. The molecule has 0 unspecified atom stereocenters. The number of ketones is 1. The lowest BCUT2D eigenvalue weighted by Gasteiger charge is -2.11. The molecule has 132 valence electrons. The van der Waals surface area contributed by atoms with Gasteiger partial charge in [0.2, 0.25) is 0 Å². The first-order chi connectivity index (χ1) is 12.0. The second kappa shape index (κ2) is 8.94. The van der Waals surface area contributed by atoms with Crippen LogP contribution in [0.2, 0.25) is 0 Å². The van der Waals surface area contributed by atoms with E-state index in [1.165, 1.54) is 25.3 Å². The van der Waals surface area contributed by atoms with Crippen LogP contribution in [0.1, 0.15) is 15.9 Å². The Labute approximate surface area is 144 Å². The zero-order valence-electron chi connectivity index (χ0n) is 13.9. The second-order valence-corrected chi connectivity index (χ2v) is 5.08. The average molecular weight is 348 g/mol. The smallest absolute Gasteiger partial charge is 0.185 e. The molecule has 25 heavy (non-hydrogen) atoms. The van der Waals surface area contributed by atoms with Gasteiger partial charge in [0, 0.05) is 12.7 Å². The highest BCUT2D eigenvalue weighted by atomic mass is 19.2. The van der Waals surface area contributed by atoms with E-state index < -0.39 is 11.6 Å². The zero-order chi connectivity index (χ0) is 18.2. The van der Waals surface area contributed by atoms with Crippen LogP contribution < -0.4 is 9.47 Å². The summed E-state index contributed by atoms with van der Waals surface area (Å²) in [5, 5.41) is 0. The molecule has 0 bridgehead atoms. The molecule has 0 aliphatic rings. The average Bonchev–Trinajstić information content (AvgIpc) is 2.62. The van der Waals surface area contributed by atoms with Gasteiger partial charge >= 0.3 is 0 Å². The predicted molar refractivity (Wildman–Crippen MR) is 90.1 cm³/mol. The summed E-state index contributed by atoms with van der Waals surface area (Å²) in [5.74, 6) is -1.28. The van der Waals surface area contributed by atoms with Gasteiger partial charge in [-0.3, -0.25) is 4.79 Å². The minimum Gasteiger partial charge on any atom is -0.493 e. The molecule has 2 aromatic carbocycles. The molecule has 0 fully saturated rings. The lowest BCUT2D eigenvalue weighted by atomic mass is 10.1. The van der Waals surface area contributed by atoms with Crippen molar-refractivity contribution in [3.8, 4) is 11.5 Å². The number of carbonyl (C=O) groups is 1. The molecule has 0 aromatic heterocycles. The number of benzene rings is 2. The molecular weight excluding hydrogens is 330 g/mol. The van der Waals surface area contributed by atoms with Crippen LogP contribution in [0.25, 0.3) is 6.08 Å². The largest absolute Gasteiger partial charge is 0.493 e. The molecule has 0 atom stereocenters. The Morgan fingerprint density at radius 1 is 1.00 bits per heavy atom. The van der Waals surface area contributed by atoms with E-state index in [1.807, 2.05) is 0 Å². The van der Waals surface area contributed by atoms with Crippen molar-refractivity contribution >= 4 is 11.9 Å². The van der Waals surface area contributed by atoms with E-state index in [-0.39, 0.29) is 5.78 Å². The topological polar surface area (TPSA) is 44.8 Å². The van der Waals surface area contributed by atoms with Crippen molar-refractivity contribution in [2.45, 2.75) is 0 Å². The Balaban J connectivity index is 2.12. The Hall–Kier alpha value is -2.73. The highest BCUT2D eigenvalue weighted by molar-refractivity contribution is 6.07.